The molecular formula is C12H19NO4. The lowest BCUT2D eigenvalue weighted by atomic mass is 9.92. The van der Waals surface area contributed by atoms with Crippen LogP contribution >= 0.6 is 0 Å². The van der Waals surface area contributed by atoms with E-state index in [0.717, 1.165) is 0 Å². The van der Waals surface area contributed by atoms with Gasteiger partial charge in [0, 0.05) is 19.4 Å². The third-order valence-electron chi connectivity index (χ3n) is 3.06. The molecule has 5 nitrogen and oxygen atoms in total. The lowest BCUT2D eigenvalue weighted by Gasteiger charge is -2.21. The fourth-order valence-electron chi connectivity index (χ4n) is 1.99. The second-order valence-corrected chi connectivity index (χ2v) is 5.41. The highest BCUT2D eigenvalue weighted by Gasteiger charge is 2.44. The zero-order chi connectivity index (χ0) is 13.2. The van der Waals surface area contributed by atoms with Gasteiger partial charge >= 0.3 is 5.97 Å². The van der Waals surface area contributed by atoms with E-state index in [1.54, 1.807) is 13.8 Å². The van der Waals surface area contributed by atoms with Crippen molar-refractivity contribution in [1.82, 2.24) is 4.90 Å². The first-order valence-corrected chi connectivity index (χ1v) is 5.80. The first-order chi connectivity index (χ1) is 7.74. The Hall–Kier alpha value is -1.39. The Morgan fingerprint density at radius 3 is 2.47 bits per heavy atom. The number of imide groups is 1. The number of likely N-dealkylation sites (tertiary alicyclic amines) is 1. The van der Waals surface area contributed by atoms with E-state index in [4.69, 9.17) is 5.11 Å². The van der Waals surface area contributed by atoms with Gasteiger partial charge in [0.25, 0.3) is 0 Å². The number of nitrogens with zero attached hydrogens (tertiary/aromatic N) is 1. The minimum absolute atomic E-state index is 0.0212. The maximum absolute atomic E-state index is 11.9. The average molecular weight is 241 g/mol. The van der Waals surface area contributed by atoms with Crippen LogP contribution in [0.15, 0.2) is 0 Å². The van der Waals surface area contributed by atoms with E-state index in [0.29, 0.717) is 13.0 Å². The smallest absolute Gasteiger partial charge is 0.303 e. The molecule has 1 saturated heterocycles. The summed E-state index contributed by atoms with van der Waals surface area (Å²) >= 11 is 0. The van der Waals surface area contributed by atoms with Crippen LogP contribution in [0.2, 0.25) is 0 Å². The molecule has 96 valence electrons. The molecule has 1 aliphatic heterocycles. The van der Waals surface area contributed by atoms with Gasteiger partial charge in [-0.15, -0.1) is 0 Å². The molecule has 1 atom stereocenters. The molecule has 0 radical (unpaired) electrons. The van der Waals surface area contributed by atoms with Crippen molar-refractivity contribution in [2.45, 2.75) is 40.0 Å². The van der Waals surface area contributed by atoms with Gasteiger partial charge < -0.3 is 5.11 Å². The number of aliphatic carboxylic acids is 1. The fraction of sp³-hybridized carbons (Fsp3) is 0.750. The SMILES string of the molecule is CC(CCC(=O)O)CN1C(=O)CC(C)(C)C1=O. The zero-order valence-electron chi connectivity index (χ0n) is 10.5. The van der Waals surface area contributed by atoms with E-state index < -0.39 is 11.4 Å². The molecule has 17 heavy (non-hydrogen) atoms. The van der Waals surface area contributed by atoms with Crippen molar-refractivity contribution >= 4 is 17.8 Å². The molecule has 1 N–H and O–H groups in total. The minimum atomic E-state index is -0.851. The van der Waals surface area contributed by atoms with Crippen LogP contribution in [0.3, 0.4) is 0 Å². The van der Waals surface area contributed by atoms with Gasteiger partial charge in [0.1, 0.15) is 0 Å². The topological polar surface area (TPSA) is 74.7 Å². The summed E-state index contributed by atoms with van der Waals surface area (Å²) in [5.74, 6) is -1.13. The quantitative estimate of drug-likeness (QED) is 0.735. The summed E-state index contributed by atoms with van der Waals surface area (Å²) in [6, 6.07) is 0. The van der Waals surface area contributed by atoms with Gasteiger partial charge in [-0.25, -0.2) is 0 Å². The summed E-state index contributed by atoms with van der Waals surface area (Å²) in [5.41, 5.74) is -0.608. The van der Waals surface area contributed by atoms with E-state index in [2.05, 4.69) is 0 Å². The van der Waals surface area contributed by atoms with Gasteiger partial charge in [-0.3, -0.25) is 19.3 Å². The predicted octanol–water partition coefficient (Wildman–Crippen LogP) is 1.27. The first kappa shape index (κ1) is 13.7. The van der Waals surface area contributed by atoms with E-state index in [-0.39, 0.29) is 30.6 Å². The third kappa shape index (κ3) is 3.28. The van der Waals surface area contributed by atoms with Crippen molar-refractivity contribution in [3.8, 4) is 0 Å². The highest BCUT2D eigenvalue weighted by atomic mass is 16.4. The molecule has 1 rings (SSSR count). The molecule has 0 aromatic rings. The molecule has 0 aromatic carbocycles. The highest BCUT2D eigenvalue weighted by Crippen LogP contribution is 2.32. The molecule has 1 fully saturated rings. The van der Waals surface area contributed by atoms with Crippen molar-refractivity contribution in [3.63, 3.8) is 0 Å². The van der Waals surface area contributed by atoms with Crippen LogP contribution in [0, 0.1) is 11.3 Å². The number of carbonyl (C=O) groups excluding carboxylic acids is 2. The second-order valence-electron chi connectivity index (χ2n) is 5.41. The molecule has 5 heteroatoms. The number of carboxylic acid groups (broad SMARTS) is 1. The molecule has 1 aliphatic rings. The van der Waals surface area contributed by atoms with Crippen molar-refractivity contribution in [2.24, 2.45) is 11.3 Å². The van der Waals surface area contributed by atoms with E-state index in [9.17, 15) is 14.4 Å². The Balaban J connectivity index is 2.54. The zero-order valence-corrected chi connectivity index (χ0v) is 10.5. The number of amides is 2. The summed E-state index contributed by atoms with van der Waals surface area (Å²) in [7, 11) is 0. The second kappa shape index (κ2) is 4.85. The number of carboxylic acids is 1. The van der Waals surface area contributed by atoms with E-state index in [1.807, 2.05) is 6.92 Å². The number of rotatable bonds is 5. The minimum Gasteiger partial charge on any atom is -0.481 e. The lowest BCUT2D eigenvalue weighted by molar-refractivity contribution is -0.141. The Labute approximate surface area is 101 Å². The summed E-state index contributed by atoms with van der Waals surface area (Å²) in [6.45, 7) is 5.70. The molecule has 0 bridgehead atoms. The standard InChI is InChI=1S/C12H19NO4/c1-8(4-5-10(15)16)7-13-9(14)6-12(2,3)11(13)17/h8H,4-7H2,1-3H3,(H,15,16). The van der Waals surface area contributed by atoms with Crippen LogP contribution in [-0.2, 0) is 14.4 Å². The Morgan fingerprint density at radius 1 is 1.47 bits per heavy atom. The fourth-order valence-corrected chi connectivity index (χ4v) is 1.99. The lowest BCUT2D eigenvalue weighted by Crippen LogP contribution is -2.36. The van der Waals surface area contributed by atoms with Crippen LogP contribution in [0.1, 0.15) is 40.0 Å². The van der Waals surface area contributed by atoms with Crippen molar-refractivity contribution in [3.05, 3.63) is 0 Å². The predicted molar refractivity (Wildman–Crippen MR) is 61.2 cm³/mol. The van der Waals surface area contributed by atoms with Crippen LogP contribution in [0.4, 0.5) is 0 Å². The van der Waals surface area contributed by atoms with Gasteiger partial charge in [0.15, 0.2) is 0 Å². The molecule has 1 unspecified atom stereocenters. The van der Waals surface area contributed by atoms with Gasteiger partial charge in [-0.2, -0.15) is 0 Å². The molecule has 0 aliphatic carbocycles. The maximum atomic E-state index is 11.9. The van der Waals surface area contributed by atoms with Crippen molar-refractivity contribution in [2.75, 3.05) is 6.54 Å². The average Bonchev–Trinajstić information content (AvgIpc) is 2.38. The Kier molecular flexibility index (Phi) is 3.91. The molecule has 0 aromatic heterocycles. The van der Waals surface area contributed by atoms with Crippen LogP contribution < -0.4 is 0 Å². The molecule has 2 amide bonds. The normalized spacial score (nSPS) is 20.8. The monoisotopic (exact) mass is 241 g/mol. The molecule has 1 heterocycles. The number of carbonyl (C=O) groups is 3. The largest absolute Gasteiger partial charge is 0.481 e. The van der Waals surface area contributed by atoms with Crippen molar-refractivity contribution < 1.29 is 19.5 Å². The van der Waals surface area contributed by atoms with Crippen LogP contribution in [0.25, 0.3) is 0 Å². The summed E-state index contributed by atoms with van der Waals surface area (Å²) in [5, 5.41) is 8.56. The first-order valence-electron chi connectivity index (χ1n) is 5.80. The van der Waals surface area contributed by atoms with Crippen LogP contribution in [0.5, 0.6) is 0 Å². The highest BCUT2D eigenvalue weighted by molar-refractivity contribution is 6.05. The molecular weight excluding hydrogens is 222 g/mol. The van der Waals surface area contributed by atoms with Gasteiger partial charge in [0.05, 0.1) is 5.41 Å². The number of hydrogen-bond acceptors (Lipinski definition) is 3. The van der Waals surface area contributed by atoms with Crippen molar-refractivity contribution in [1.29, 1.82) is 0 Å². The summed E-state index contributed by atoms with van der Waals surface area (Å²) < 4.78 is 0. The van der Waals surface area contributed by atoms with E-state index >= 15 is 0 Å². The van der Waals surface area contributed by atoms with Gasteiger partial charge in [-0.05, 0) is 12.3 Å². The van der Waals surface area contributed by atoms with Gasteiger partial charge in [-0.1, -0.05) is 20.8 Å². The Bertz CT molecular complexity index is 348. The Morgan fingerprint density at radius 2 is 2.06 bits per heavy atom. The van der Waals surface area contributed by atoms with Crippen LogP contribution in [-0.4, -0.2) is 34.3 Å². The van der Waals surface area contributed by atoms with Gasteiger partial charge in [0.2, 0.25) is 11.8 Å². The summed E-state index contributed by atoms with van der Waals surface area (Å²) in [4.78, 5) is 35.3. The summed E-state index contributed by atoms with van der Waals surface area (Å²) in [6.07, 6.45) is 0.797. The molecule has 0 spiro atoms. The number of hydrogen-bond donors (Lipinski definition) is 1. The maximum Gasteiger partial charge on any atom is 0.303 e. The third-order valence-corrected chi connectivity index (χ3v) is 3.06. The molecule has 0 saturated carbocycles. The van der Waals surface area contributed by atoms with E-state index in [1.165, 1.54) is 4.90 Å².